The molecule has 9 aromatic rings. The molecule has 0 unspecified atom stereocenters. The van der Waals surface area contributed by atoms with E-state index in [-0.39, 0.29) is 11.3 Å². The zero-order chi connectivity index (χ0) is 27.9. The van der Waals surface area contributed by atoms with Crippen LogP contribution in [-0.2, 0) is 0 Å². The van der Waals surface area contributed by atoms with Crippen molar-refractivity contribution in [2.75, 3.05) is 0 Å². The van der Waals surface area contributed by atoms with Gasteiger partial charge in [-0.15, -0.1) is 0 Å². The predicted octanol–water partition coefficient (Wildman–Crippen LogP) is 8.09. The third-order valence-corrected chi connectivity index (χ3v) is 8.20. The summed E-state index contributed by atoms with van der Waals surface area (Å²) in [5, 5.41) is 6.18. The molecule has 0 aliphatic carbocycles. The van der Waals surface area contributed by atoms with Crippen molar-refractivity contribution in [3.05, 3.63) is 142 Å². The number of fused-ring (bicyclic) bond motifs is 8. The molecular formula is C36H20N2O4. The Labute approximate surface area is 236 Å². The first-order valence-electron chi connectivity index (χ1n) is 13.7. The number of hydrogen-bond donors (Lipinski definition) is 0. The Hall–Kier alpha value is -5.88. The minimum atomic E-state index is -0.371. The summed E-state index contributed by atoms with van der Waals surface area (Å²) < 4.78 is 15.5. The average molecular weight is 545 g/mol. The zero-order valence-electron chi connectivity index (χ0n) is 22.1. The number of rotatable bonds is 2. The Morgan fingerprint density at radius 1 is 0.405 bits per heavy atom. The monoisotopic (exact) mass is 544 g/mol. The van der Waals surface area contributed by atoms with E-state index in [1.807, 2.05) is 36.4 Å². The highest BCUT2D eigenvalue weighted by molar-refractivity contribution is 6.19. The molecule has 9 rings (SSSR count). The Morgan fingerprint density at radius 2 is 0.833 bits per heavy atom. The normalized spacial score (nSPS) is 12.0. The number of hydrogen-bond acceptors (Lipinski definition) is 4. The average Bonchev–Trinajstić information content (AvgIpc) is 3.51. The molecule has 0 saturated carbocycles. The summed E-state index contributed by atoms with van der Waals surface area (Å²) in [5.74, 6) is 0. The summed E-state index contributed by atoms with van der Waals surface area (Å²) in [7, 11) is 0. The second-order valence-corrected chi connectivity index (χ2v) is 10.5. The van der Waals surface area contributed by atoms with Crippen LogP contribution >= 0.6 is 0 Å². The molecule has 0 aliphatic rings. The molecule has 198 valence electrons. The minimum absolute atomic E-state index is 0.371. The molecular weight excluding hydrogens is 524 g/mol. The standard InChI is InChI=1S/C36H20N2O4/c39-35-15-11-21-9-13-23(17-33(21)41-35)37-29-7-3-1-5-25(29)27-19-32-28(20-31(27)37)26-6-2-4-8-30(26)38(32)24-14-10-22-12-16-36(40)42-34(22)18-24/h1-20H. The summed E-state index contributed by atoms with van der Waals surface area (Å²) >= 11 is 0. The van der Waals surface area contributed by atoms with E-state index < -0.39 is 0 Å². The smallest absolute Gasteiger partial charge is 0.336 e. The van der Waals surface area contributed by atoms with E-state index in [1.54, 1.807) is 12.1 Å². The molecule has 0 saturated heterocycles. The highest BCUT2D eigenvalue weighted by atomic mass is 16.4. The quantitative estimate of drug-likeness (QED) is 0.206. The van der Waals surface area contributed by atoms with Gasteiger partial charge in [0.25, 0.3) is 0 Å². The molecule has 0 radical (unpaired) electrons. The zero-order valence-corrected chi connectivity index (χ0v) is 22.1. The molecule has 6 nitrogen and oxygen atoms in total. The predicted molar refractivity (Wildman–Crippen MR) is 167 cm³/mol. The van der Waals surface area contributed by atoms with Crippen LogP contribution in [0, 0.1) is 0 Å². The molecule has 0 atom stereocenters. The molecule has 0 amide bonds. The maximum absolute atomic E-state index is 12.0. The van der Waals surface area contributed by atoms with Gasteiger partial charge in [-0.3, -0.25) is 0 Å². The van der Waals surface area contributed by atoms with Crippen molar-refractivity contribution in [2.45, 2.75) is 0 Å². The van der Waals surface area contributed by atoms with Crippen LogP contribution in [-0.4, -0.2) is 9.13 Å². The molecule has 0 bridgehead atoms. The van der Waals surface area contributed by atoms with Crippen molar-refractivity contribution < 1.29 is 8.83 Å². The molecule has 0 spiro atoms. The van der Waals surface area contributed by atoms with Gasteiger partial charge in [-0.2, -0.15) is 0 Å². The maximum atomic E-state index is 12.0. The van der Waals surface area contributed by atoms with E-state index in [2.05, 4.69) is 69.8 Å². The van der Waals surface area contributed by atoms with E-state index in [0.717, 1.165) is 65.8 Å². The minimum Gasteiger partial charge on any atom is -0.423 e. The third-order valence-electron chi connectivity index (χ3n) is 8.20. The molecule has 0 aliphatic heterocycles. The van der Waals surface area contributed by atoms with Crippen LogP contribution in [0.25, 0.3) is 76.9 Å². The van der Waals surface area contributed by atoms with Gasteiger partial charge in [-0.1, -0.05) is 36.4 Å². The Balaban J connectivity index is 1.40. The summed E-state index contributed by atoms with van der Waals surface area (Å²) in [6.45, 7) is 0. The second-order valence-electron chi connectivity index (χ2n) is 10.5. The first-order chi connectivity index (χ1) is 20.6. The van der Waals surface area contributed by atoms with Crippen LogP contribution in [0.2, 0.25) is 0 Å². The summed E-state index contributed by atoms with van der Waals surface area (Å²) in [6.07, 6.45) is 0. The van der Waals surface area contributed by atoms with Gasteiger partial charge < -0.3 is 18.0 Å². The van der Waals surface area contributed by atoms with Gasteiger partial charge in [-0.05, 0) is 60.7 Å². The molecule has 0 N–H and O–H groups in total. The van der Waals surface area contributed by atoms with E-state index in [4.69, 9.17) is 8.83 Å². The molecule has 4 heterocycles. The summed E-state index contributed by atoms with van der Waals surface area (Å²) in [6, 6.07) is 39.6. The number of nitrogens with zero attached hydrogens (tertiary/aromatic N) is 2. The molecule has 5 aromatic carbocycles. The number of benzene rings is 5. The molecule has 42 heavy (non-hydrogen) atoms. The van der Waals surface area contributed by atoms with Crippen molar-refractivity contribution >= 4 is 65.6 Å². The Bertz CT molecular complexity index is 2500. The Kier molecular flexibility index (Phi) is 4.53. The van der Waals surface area contributed by atoms with Gasteiger partial charge in [0.2, 0.25) is 0 Å². The summed E-state index contributed by atoms with van der Waals surface area (Å²) in [4.78, 5) is 24.0. The van der Waals surface area contributed by atoms with E-state index in [9.17, 15) is 9.59 Å². The first kappa shape index (κ1) is 22.9. The Morgan fingerprint density at radius 3 is 1.31 bits per heavy atom. The maximum Gasteiger partial charge on any atom is 0.336 e. The first-order valence-corrected chi connectivity index (χ1v) is 13.7. The highest BCUT2D eigenvalue weighted by Crippen LogP contribution is 2.40. The van der Waals surface area contributed by atoms with E-state index in [1.165, 1.54) is 12.1 Å². The molecule has 4 aromatic heterocycles. The largest absolute Gasteiger partial charge is 0.423 e. The van der Waals surface area contributed by atoms with Crippen LogP contribution in [0.4, 0.5) is 0 Å². The lowest BCUT2D eigenvalue weighted by molar-refractivity contribution is 0.560. The number of aromatic nitrogens is 2. The van der Waals surface area contributed by atoms with Crippen molar-refractivity contribution in [1.29, 1.82) is 0 Å². The lowest BCUT2D eigenvalue weighted by Gasteiger charge is -2.10. The molecule has 0 fully saturated rings. The highest BCUT2D eigenvalue weighted by Gasteiger charge is 2.19. The lowest BCUT2D eigenvalue weighted by atomic mass is 10.1. The van der Waals surface area contributed by atoms with Crippen molar-refractivity contribution in [3.8, 4) is 11.4 Å². The van der Waals surface area contributed by atoms with Crippen molar-refractivity contribution in [1.82, 2.24) is 9.13 Å². The fourth-order valence-electron chi connectivity index (χ4n) is 6.36. The second kappa shape index (κ2) is 8.32. The van der Waals surface area contributed by atoms with Gasteiger partial charge in [0.05, 0.1) is 22.1 Å². The van der Waals surface area contributed by atoms with Crippen LogP contribution < -0.4 is 11.3 Å². The van der Waals surface area contributed by atoms with Crippen molar-refractivity contribution in [2.24, 2.45) is 0 Å². The van der Waals surface area contributed by atoms with Crippen LogP contribution in [0.15, 0.2) is 140 Å². The number of para-hydroxylation sites is 2. The van der Waals surface area contributed by atoms with Crippen LogP contribution in [0.5, 0.6) is 0 Å². The van der Waals surface area contributed by atoms with Gasteiger partial charge in [0, 0.05) is 68.0 Å². The fraction of sp³-hybridized carbons (Fsp3) is 0. The van der Waals surface area contributed by atoms with Gasteiger partial charge in [0.1, 0.15) is 11.2 Å². The lowest BCUT2D eigenvalue weighted by Crippen LogP contribution is -1.98. The topological polar surface area (TPSA) is 70.3 Å². The van der Waals surface area contributed by atoms with Crippen LogP contribution in [0.3, 0.4) is 0 Å². The van der Waals surface area contributed by atoms with E-state index >= 15 is 0 Å². The van der Waals surface area contributed by atoms with Gasteiger partial charge >= 0.3 is 11.3 Å². The SMILES string of the molecule is O=c1ccc2ccc(-n3c4ccccc4c4cc5c(cc43)c3ccccc3n5-c3ccc4ccc(=O)oc4c3)cc2o1. The van der Waals surface area contributed by atoms with Crippen LogP contribution in [0.1, 0.15) is 0 Å². The fourth-order valence-corrected chi connectivity index (χ4v) is 6.36. The van der Waals surface area contributed by atoms with Crippen molar-refractivity contribution in [3.63, 3.8) is 0 Å². The van der Waals surface area contributed by atoms with E-state index in [0.29, 0.717) is 11.2 Å². The molecule has 6 heteroatoms. The van der Waals surface area contributed by atoms with Gasteiger partial charge in [0.15, 0.2) is 0 Å². The third kappa shape index (κ3) is 3.20. The summed E-state index contributed by atoms with van der Waals surface area (Å²) in [5.41, 5.74) is 6.39. The van der Waals surface area contributed by atoms with Gasteiger partial charge in [-0.25, -0.2) is 9.59 Å².